The van der Waals surface area contributed by atoms with Crippen molar-refractivity contribution in [2.75, 3.05) is 12.3 Å². The monoisotopic (exact) mass is 199 g/mol. The first kappa shape index (κ1) is 10.5. The molecule has 0 heterocycles. The predicted molar refractivity (Wildman–Crippen MR) is 55.6 cm³/mol. The number of hydrogen-bond donors (Lipinski definition) is 1. The van der Waals surface area contributed by atoms with Crippen LogP contribution in [0.3, 0.4) is 0 Å². The number of rotatable bonds is 4. The first-order valence-electron chi connectivity index (χ1n) is 4.39. The van der Waals surface area contributed by atoms with E-state index >= 15 is 0 Å². The minimum absolute atomic E-state index is 0.127. The molecule has 0 atom stereocenters. The van der Waals surface area contributed by atoms with Gasteiger partial charge in [0.1, 0.15) is 5.82 Å². The zero-order chi connectivity index (χ0) is 9.68. The lowest BCUT2D eigenvalue weighted by atomic mass is 10.1. The van der Waals surface area contributed by atoms with Crippen LogP contribution >= 0.6 is 11.8 Å². The van der Waals surface area contributed by atoms with Crippen molar-refractivity contribution in [1.82, 2.24) is 0 Å². The second-order valence-electron chi connectivity index (χ2n) is 2.70. The average molecular weight is 199 g/mol. The summed E-state index contributed by atoms with van der Waals surface area (Å²) in [5.41, 5.74) is 6.47. The van der Waals surface area contributed by atoms with E-state index in [1.54, 1.807) is 6.07 Å². The lowest BCUT2D eigenvalue weighted by Crippen LogP contribution is -2.04. The topological polar surface area (TPSA) is 26.0 Å². The molecule has 0 aliphatic rings. The van der Waals surface area contributed by atoms with Crippen molar-refractivity contribution in [2.24, 2.45) is 5.73 Å². The van der Waals surface area contributed by atoms with Crippen LogP contribution in [0.4, 0.5) is 4.39 Å². The molecule has 13 heavy (non-hydrogen) atoms. The molecule has 0 aromatic heterocycles. The zero-order valence-electron chi connectivity index (χ0n) is 7.72. The number of thioether (sulfide) groups is 1. The maximum Gasteiger partial charge on any atom is 0.137 e. The number of nitrogens with two attached hydrogens (primary N) is 1. The van der Waals surface area contributed by atoms with Gasteiger partial charge in [-0.25, -0.2) is 4.39 Å². The summed E-state index contributed by atoms with van der Waals surface area (Å²) < 4.78 is 13.3. The van der Waals surface area contributed by atoms with E-state index in [0.29, 0.717) is 6.54 Å². The van der Waals surface area contributed by atoms with Crippen LogP contribution in [0.2, 0.25) is 0 Å². The van der Waals surface area contributed by atoms with E-state index in [1.807, 2.05) is 13.0 Å². The molecule has 1 nitrogen and oxygen atoms in total. The van der Waals surface area contributed by atoms with E-state index in [9.17, 15) is 4.39 Å². The lowest BCUT2D eigenvalue weighted by Gasteiger charge is -2.07. The van der Waals surface area contributed by atoms with E-state index in [0.717, 1.165) is 22.6 Å². The molecule has 0 radical (unpaired) electrons. The van der Waals surface area contributed by atoms with Crippen molar-refractivity contribution < 1.29 is 4.39 Å². The Morgan fingerprint density at radius 2 is 2.23 bits per heavy atom. The van der Waals surface area contributed by atoms with Gasteiger partial charge in [-0.2, -0.15) is 0 Å². The van der Waals surface area contributed by atoms with Crippen LogP contribution in [-0.4, -0.2) is 12.3 Å². The Morgan fingerprint density at radius 1 is 1.46 bits per heavy atom. The Kier molecular flexibility index (Phi) is 4.25. The van der Waals surface area contributed by atoms with Gasteiger partial charge >= 0.3 is 0 Å². The zero-order valence-corrected chi connectivity index (χ0v) is 8.53. The molecule has 0 spiro atoms. The van der Waals surface area contributed by atoms with E-state index < -0.39 is 0 Å². The highest BCUT2D eigenvalue weighted by molar-refractivity contribution is 7.99. The normalized spacial score (nSPS) is 10.4. The molecule has 1 aromatic carbocycles. The molecule has 0 aliphatic heterocycles. The predicted octanol–water partition coefficient (Wildman–Crippen LogP) is 2.44. The molecule has 3 heteroatoms. The Labute approximate surface area is 82.5 Å². The van der Waals surface area contributed by atoms with Crippen molar-refractivity contribution in [3.8, 4) is 0 Å². The summed E-state index contributed by atoms with van der Waals surface area (Å²) in [5.74, 6) is 0.760. The fourth-order valence-corrected chi connectivity index (χ4v) is 2.06. The Bertz CT molecular complexity index is 276. The first-order valence-corrected chi connectivity index (χ1v) is 5.38. The summed E-state index contributed by atoms with van der Waals surface area (Å²) in [4.78, 5) is 0.760. The third-order valence-electron chi connectivity index (χ3n) is 1.75. The summed E-state index contributed by atoms with van der Waals surface area (Å²) in [5, 5.41) is 0. The number of benzene rings is 1. The molecule has 72 valence electrons. The SMILES string of the molecule is CCSc1c(F)cccc1CCN. The summed E-state index contributed by atoms with van der Waals surface area (Å²) in [6.07, 6.45) is 0.750. The molecule has 1 aromatic rings. The first-order chi connectivity index (χ1) is 6.29. The van der Waals surface area contributed by atoms with Crippen molar-refractivity contribution in [2.45, 2.75) is 18.2 Å². The molecule has 2 N–H and O–H groups in total. The van der Waals surface area contributed by atoms with Gasteiger partial charge in [0.25, 0.3) is 0 Å². The van der Waals surface area contributed by atoms with Crippen LogP contribution in [0.15, 0.2) is 23.1 Å². The maximum atomic E-state index is 13.3. The van der Waals surface area contributed by atoms with Gasteiger partial charge in [-0.1, -0.05) is 19.1 Å². The summed E-state index contributed by atoms with van der Waals surface area (Å²) in [7, 11) is 0. The second kappa shape index (κ2) is 5.25. The summed E-state index contributed by atoms with van der Waals surface area (Å²) >= 11 is 1.54. The van der Waals surface area contributed by atoms with Gasteiger partial charge in [0.15, 0.2) is 0 Å². The molecule has 0 aliphatic carbocycles. The minimum atomic E-state index is -0.127. The maximum absolute atomic E-state index is 13.3. The van der Waals surface area contributed by atoms with Crippen LogP contribution in [0.1, 0.15) is 12.5 Å². The van der Waals surface area contributed by atoms with Gasteiger partial charge in [0.05, 0.1) is 0 Å². The van der Waals surface area contributed by atoms with E-state index in [-0.39, 0.29) is 5.82 Å². The number of halogens is 1. The van der Waals surface area contributed by atoms with Crippen LogP contribution in [0.25, 0.3) is 0 Å². The molecule has 0 amide bonds. The lowest BCUT2D eigenvalue weighted by molar-refractivity contribution is 0.597. The van der Waals surface area contributed by atoms with Gasteiger partial charge in [0.2, 0.25) is 0 Å². The fourth-order valence-electron chi connectivity index (χ4n) is 1.21. The van der Waals surface area contributed by atoms with Gasteiger partial charge in [0, 0.05) is 4.90 Å². The summed E-state index contributed by atoms with van der Waals surface area (Å²) in [6.45, 7) is 2.59. The molecule has 0 fully saturated rings. The van der Waals surface area contributed by atoms with Crippen molar-refractivity contribution in [3.05, 3.63) is 29.6 Å². The minimum Gasteiger partial charge on any atom is -0.330 e. The number of hydrogen-bond acceptors (Lipinski definition) is 2. The smallest absolute Gasteiger partial charge is 0.137 e. The summed E-state index contributed by atoms with van der Waals surface area (Å²) in [6, 6.07) is 5.17. The molecular formula is C10H14FNS. The highest BCUT2D eigenvalue weighted by Crippen LogP contribution is 2.25. The molecule has 0 unspecified atom stereocenters. The van der Waals surface area contributed by atoms with Crippen molar-refractivity contribution in [1.29, 1.82) is 0 Å². The largest absolute Gasteiger partial charge is 0.330 e. The second-order valence-corrected chi connectivity index (χ2v) is 3.97. The van der Waals surface area contributed by atoms with Crippen LogP contribution in [-0.2, 0) is 6.42 Å². The highest BCUT2D eigenvalue weighted by Gasteiger charge is 2.06. The van der Waals surface area contributed by atoms with Crippen LogP contribution in [0, 0.1) is 5.82 Å². The third kappa shape index (κ3) is 2.71. The van der Waals surface area contributed by atoms with Crippen molar-refractivity contribution >= 4 is 11.8 Å². The quantitative estimate of drug-likeness (QED) is 0.754. The Morgan fingerprint density at radius 3 is 2.85 bits per heavy atom. The van der Waals surface area contributed by atoms with Crippen molar-refractivity contribution in [3.63, 3.8) is 0 Å². The van der Waals surface area contributed by atoms with E-state index in [4.69, 9.17) is 5.73 Å². The highest BCUT2D eigenvalue weighted by atomic mass is 32.2. The third-order valence-corrected chi connectivity index (χ3v) is 2.79. The van der Waals surface area contributed by atoms with Gasteiger partial charge in [-0.3, -0.25) is 0 Å². The Balaban J connectivity index is 2.95. The Hall–Kier alpha value is -0.540. The average Bonchev–Trinajstić information content (AvgIpc) is 2.11. The van der Waals surface area contributed by atoms with E-state index in [1.165, 1.54) is 17.8 Å². The fraction of sp³-hybridized carbons (Fsp3) is 0.400. The van der Waals surface area contributed by atoms with Gasteiger partial charge in [-0.15, -0.1) is 11.8 Å². The standard InChI is InChI=1S/C10H14FNS/c1-2-13-10-8(6-7-12)4-3-5-9(10)11/h3-5H,2,6-7,12H2,1H3. The van der Waals surface area contributed by atoms with Gasteiger partial charge in [-0.05, 0) is 30.3 Å². The van der Waals surface area contributed by atoms with Crippen LogP contribution in [0.5, 0.6) is 0 Å². The molecule has 0 bridgehead atoms. The molecular weight excluding hydrogens is 185 g/mol. The molecule has 0 saturated carbocycles. The van der Waals surface area contributed by atoms with Crippen LogP contribution < -0.4 is 5.73 Å². The molecule has 0 saturated heterocycles. The molecule has 1 rings (SSSR count). The van der Waals surface area contributed by atoms with E-state index in [2.05, 4.69) is 0 Å². The van der Waals surface area contributed by atoms with Gasteiger partial charge < -0.3 is 5.73 Å².